The van der Waals surface area contributed by atoms with Crippen molar-refractivity contribution < 1.29 is 4.42 Å². The van der Waals surface area contributed by atoms with Crippen molar-refractivity contribution in [2.45, 2.75) is 25.8 Å². The molecule has 0 amide bonds. The van der Waals surface area contributed by atoms with Crippen molar-refractivity contribution in [1.82, 2.24) is 19.4 Å². The van der Waals surface area contributed by atoms with E-state index in [1.807, 2.05) is 30.5 Å². The van der Waals surface area contributed by atoms with Gasteiger partial charge in [0.1, 0.15) is 5.52 Å². The number of rotatable bonds is 3. The van der Waals surface area contributed by atoms with Gasteiger partial charge in [-0.3, -0.25) is 0 Å². The zero-order chi connectivity index (χ0) is 14.9. The standard InChI is InChI=1S/C17H20N4O/c1-2-20-10-7-13(8-11-20)21-16-14(5-3-9-18-16)19-17(21)15-6-4-12-22-15/h3-6,9,12-13H,2,7-8,10-11H2,1H3. The predicted octanol–water partition coefficient (Wildman–Crippen LogP) is 3.35. The summed E-state index contributed by atoms with van der Waals surface area (Å²) in [7, 11) is 0. The van der Waals surface area contributed by atoms with Crippen LogP contribution in [0.15, 0.2) is 41.1 Å². The van der Waals surface area contributed by atoms with Crippen molar-refractivity contribution in [2.75, 3.05) is 19.6 Å². The maximum absolute atomic E-state index is 5.60. The van der Waals surface area contributed by atoms with E-state index in [0.29, 0.717) is 6.04 Å². The Bertz CT molecular complexity index is 754. The van der Waals surface area contributed by atoms with E-state index < -0.39 is 0 Å². The summed E-state index contributed by atoms with van der Waals surface area (Å²) >= 11 is 0. The van der Waals surface area contributed by atoms with E-state index in [9.17, 15) is 0 Å². The SMILES string of the molecule is CCN1CCC(n2c(-c3ccco3)nc3cccnc32)CC1. The Morgan fingerprint density at radius 2 is 2.09 bits per heavy atom. The van der Waals surface area contributed by atoms with E-state index in [1.54, 1.807) is 6.26 Å². The number of nitrogens with zero attached hydrogens (tertiary/aromatic N) is 4. The molecule has 0 aromatic carbocycles. The summed E-state index contributed by atoms with van der Waals surface area (Å²) in [6, 6.07) is 8.27. The Kier molecular flexibility index (Phi) is 3.42. The van der Waals surface area contributed by atoms with Gasteiger partial charge in [-0.05, 0) is 43.7 Å². The third-order valence-electron chi connectivity index (χ3n) is 4.56. The number of hydrogen-bond acceptors (Lipinski definition) is 4. The highest BCUT2D eigenvalue weighted by Gasteiger charge is 2.25. The molecule has 5 heteroatoms. The van der Waals surface area contributed by atoms with Crippen LogP contribution in [0.3, 0.4) is 0 Å². The van der Waals surface area contributed by atoms with Crippen LogP contribution in [-0.2, 0) is 0 Å². The maximum Gasteiger partial charge on any atom is 0.178 e. The lowest BCUT2D eigenvalue weighted by Crippen LogP contribution is -2.34. The number of likely N-dealkylation sites (tertiary alicyclic amines) is 1. The van der Waals surface area contributed by atoms with Crippen LogP contribution in [0.5, 0.6) is 0 Å². The molecule has 0 radical (unpaired) electrons. The van der Waals surface area contributed by atoms with Gasteiger partial charge in [-0.25, -0.2) is 9.97 Å². The number of imidazole rings is 1. The van der Waals surface area contributed by atoms with Crippen LogP contribution in [0, 0.1) is 0 Å². The first-order valence-corrected chi connectivity index (χ1v) is 7.96. The Morgan fingerprint density at radius 3 is 2.82 bits per heavy atom. The smallest absolute Gasteiger partial charge is 0.178 e. The van der Waals surface area contributed by atoms with Gasteiger partial charge >= 0.3 is 0 Å². The van der Waals surface area contributed by atoms with Crippen molar-refractivity contribution in [2.24, 2.45) is 0 Å². The molecule has 0 atom stereocenters. The molecular weight excluding hydrogens is 276 g/mol. The summed E-state index contributed by atoms with van der Waals surface area (Å²) in [5.41, 5.74) is 1.90. The molecule has 22 heavy (non-hydrogen) atoms. The van der Waals surface area contributed by atoms with E-state index in [1.165, 1.54) is 0 Å². The van der Waals surface area contributed by atoms with Crippen molar-refractivity contribution in [3.63, 3.8) is 0 Å². The molecule has 4 heterocycles. The first kappa shape index (κ1) is 13.5. The molecule has 4 rings (SSSR count). The van der Waals surface area contributed by atoms with Crippen LogP contribution >= 0.6 is 0 Å². The van der Waals surface area contributed by atoms with Crippen molar-refractivity contribution >= 4 is 11.2 Å². The first-order chi connectivity index (χ1) is 10.9. The molecule has 0 saturated carbocycles. The Balaban J connectivity index is 1.80. The lowest BCUT2D eigenvalue weighted by Gasteiger charge is -2.32. The second-order valence-corrected chi connectivity index (χ2v) is 5.79. The monoisotopic (exact) mass is 296 g/mol. The third-order valence-corrected chi connectivity index (χ3v) is 4.56. The molecule has 114 valence electrons. The summed E-state index contributed by atoms with van der Waals surface area (Å²) in [5, 5.41) is 0. The van der Waals surface area contributed by atoms with Gasteiger partial charge < -0.3 is 13.9 Å². The average molecular weight is 296 g/mol. The van der Waals surface area contributed by atoms with Gasteiger partial charge in [-0.1, -0.05) is 6.92 Å². The van der Waals surface area contributed by atoms with E-state index in [-0.39, 0.29) is 0 Å². The van der Waals surface area contributed by atoms with Crippen molar-refractivity contribution in [3.05, 3.63) is 36.7 Å². The molecule has 0 unspecified atom stereocenters. The van der Waals surface area contributed by atoms with Gasteiger partial charge in [0.2, 0.25) is 0 Å². The predicted molar refractivity (Wildman–Crippen MR) is 85.6 cm³/mol. The third kappa shape index (κ3) is 2.22. The van der Waals surface area contributed by atoms with Gasteiger partial charge in [0.15, 0.2) is 17.2 Å². The lowest BCUT2D eigenvalue weighted by molar-refractivity contribution is 0.197. The maximum atomic E-state index is 5.60. The van der Waals surface area contributed by atoms with Gasteiger partial charge in [0.25, 0.3) is 0 Å². The summed E-state index contributed by atoms with van der Waals surface area (Å²) in [6.45, 7) is 5.61. The Morgan fingerprint density at radius 1 is 1.23 bits per heavy atom. The molecular formula is C17H20N4O. The molecule has 0 bridgehead atoms. The molecule has 3 aromatic heterocycles. The second kappa shape index (κ2) is 5.57. The average Bonchev–Trinajstić information content (AvgIpc) is 3.22. The molecule has 1 aliphatic rings. The molecule has 0 N–H and O–H groups in total. The lowest BCUT2D eigenvalue weighted by atomic mass is 10.0. The highest BCUT2D eigenvalue weighted by atomic mass is 16.3. The molecule has 1 fully saturated rings. The van der Waals surface area contributed by atoms with Gasteiger partial charge in [-0.15, -0.1) is 0 Å². The van der Waals surface area contributed by atoms with E-state index in [0.717, 1.165) is 55.2 Å². The minimum atomic E-state index is 0.433. The zero-order valence-corrected chi connectivity index (χ0v) is 12.8. The van der Waals surface area contributed by atoms with Crippen molar-refractivity contribution in [3.8, 4) is 11.6 Å². The zero-order valence-electron chi connectivity index (χ0n) is 12.8. The largest absolute Gasteiger partial charge is 0.461 e. The summed E-state index contributed by atoms with van der Waals surface area (Å²) in [4.78, 5) is 11.8. The van der Waals surface area contributed by atoms with E-state index in [4.69, 9.17) is 9.40 Å². The van der Waals surface area contributed by atoms with Gasteiger partial charge in [-0.2, -0.15) is 0 Å². The van der Waals surface area contributed by atoms with Gasteiger partial charge in [0, 0.05) is 25.3 Å². The summed E-state index contributed by atoms with van der Waals surface area (Å²) < 4.78 is 7.88. The fourth-order valence-corrected chi connectivity index (χ4v) is 3.35. The van der Waals surface area contributed by atoms with Crippen LogP contribution in [0.25, 0.3) is 22.7 Å². The van der Waals surface area contributed by atoms with E-state index in [2.05, 4.69) is 21.4 Å². The Labute approximate surface area is 129 Å². The first-order valence-electron chi connectivity index (χ1n) is 7.96. The number of pyridine rings is 1. The van der Waals surface area contributed by atoms with Crippen molar-refractivity contribution in [1.29, 1.82) is 0 Å². The number of furan rings is 1. The molecule has 0 aliphatic carbocycles. The topological polar surface area (TPSA) is 47.1 Å². The number of fused-ring (bicyclic) bond motifs is 1. The van der Waals surface area contributed by atoms with Crippen LogP contribution in [0.2, 0.25) is 0 Å². The normalized spacial score (nSPS) is 17.3. The van der Waals surface area contributed by atoms with E-state index >= 15 is 0 Å². The highest BCUT2D eigenvalue weighted by molar-refractivity contribution is 5.76. The Hall–Kier alpha value is -2.14. The number of hydrogen-bond donors (Lipinski definition) is 0. The molecule has 1 aliphatic heterocycles. The molecule has 0 spiro atoms. The molecule has 1 saturated heterocycles. The fraction of sp³-hybridized carbons (Fsp3) is 0.412. The van der Waals surface area contributed by atoms with Crippen LogP contribution in [0.1, 0.15) is 25.8 Å². The molecule has 3 aromatic rings. The second-order valence-electron chi connectivity index (χ2n) is 5.79. The number of aromatic nitrogens is 3. The summed E-state index contributed by atoms with van der Waals surface area (Å²) in [6.07, 6.45) is 5.80. The van der Waals surface area contributed by atoms with Crippen LogP contribution in [0.4, 0.5) is 0 Å². The quantitative estimate of drug-likeness (QED) is 0.743. The fourth-order valence-electron chi connectivity index (χ4n) is 3.35. The van der Waals surface area contributed by atoms with Gasteiger partial charge in [0.05, 0.1) is 6.26 Å². The highest BCUT2D eigenvalue weighted by Crippen LogP contribution is 2.32. The minimum Gasteiger partial charge on any atom is -0.461 e. The van der Waals surface area contributed by atoms with Crippen LogP contribution in [-0.4, -0.2) is 39.1 Å². The van der Waals surface area contributed by atoms with Crippen LogP contribution < -0.4 is 0 Å². The number of piperidine rings is 1. The minimum absolute atomic E-state index is 0.433. The molecule has 5 nitrogen and oxygen atoms in total. The summed E-state index contributed by atoms with van der Waals surface area (Å²) in [5.74, 6) is 1.71.